The minimum absolute atomic E-state index is 0.334. The third-order valence-electron chi connectivity index (χ3n) is 3.07. The van der Waals surface area contributed by atoms with Crippen LogP contribution in [0, 0.1) is 0 Å². The highest BCUT2D eigenvalue weighted by molar-refractivity contribution is 7.99. The Morgan fingerprint density at radius 1 is 1.10 bits per heavy atom. The molecule has 0 aliphatic carbocycles. The second-order valence-corrected chi connectivity index (χ2v) is 6.81. The molecule has 0 spiro atoms. The Labute approximate surface area is 126 Å². The summed E-state index contributed by atoms with van der Waals surface area (Å²) in [5.74, 6) is 0.883. The van der Waals surface area contributed by atoms with Crippen LogP contribution in [-0.2, 0) is 0 Å². The molecule has 102 valence electrons. The van der Waals surface area contributed by atoms with Gasteiger partial charge in [0.05, 0.1) is 0 Å². The van der Waals surface area contributed by atoms with E-state index in [2.05, 4.69) is 48.1 Å². The molecule has 0 amide bonds. The molecule has 0 aliphatic heterocycles. The topological polar surface area (TPSA) is 51.8 Å². The van der Waals surface area contributed by atoms with E-state index in [4.69, 9.17) is 5.73 Å². The van der Waals surface area contributed by atoms with E-state index in [0.717, 1.165) is 15.2 Å². The zero-order valence-corrected chi connectivity index (χ0v) is 13.0. The van der Waals surface area contributed by atoms with Gasteiger partial charge in [0.1, 0.15) is 9.86 Å². The number of nitrogens with two attached hydrogens (primary N) is 1. The predicted octanol–water partition coefficient (Wildman–Crippen LogP) is 4.55. The van der Waals surface area contributed by atoms with Gasteiger partial charge in [0.15, 0.2) is 0 Å². The van der Waals surface area contributed by atoms with Crippen LogP contribution in [0.5, 0.6) is 0 Å². The van der Waals surface area contributed by atoms with Gasteiger partial charge < -0.3 is 5.73 Å². The molecule has 0 fully saturated rings. The quantitative estimate of drug-likeness (QED) is 0.721. The molecule has 2 aromatic heterocycles. The van der Waals surface area contributed by atoms with Gasteiger partial charge in [-0.05, 0) is 35.1 Å². The number of thiophene rings is 1. The number of nitrogen functional groups attached to an aromatic ring is 1. The highest BCUT2D eigenvalue weighted by Gasteiger charge is 2.09. The van der Waals surface area contributed by atoms with E-state index in [-0.39, 0.29) is 0 Å². The first-order valence-corrected chi connectivity index (χ1v) is 8.11. The standard InChI is InChI=1S/C15H15N3S2/c1-9(2)10-3-5-11(6-4-10)20-14-12-7-8-19-13(12)17-15(16)18-14/h3-9H,1-2H3,(H2,16,17,18). The van der Waals surface area contributed by atoms with E-state index in [1.165, 1.54) is 10.5 Å². The largest absolute Gasteiger partial charge is 0.368 e. The van der Waals surface area contributed by atoms with Gasteiger partial charge in [-0.2, -0.15) is 0 Å². The first kappa shape index (κ1) is 13.4. The maximum Gasteiger partial charge on any atom is 0.222 e. The molecule has 3 rings (SSSR count). The lowest BCUT2D eigenvalue weighted by Gasteiger charge is -2.07. The second kappa shape index (κ2) is 5.42. The van der Waals surface area contributed by atoms with Crippen LogP contribution in [0.15, 0.2) is 45.6 Å². The van der Waals surface area contributed by atoms with Crippen LogP contribution < -0.4 is 5.73 Å². The molecule has 2 heterocycles. The molecule has 0 radical (unpaired) electrons. The summed E-state index contributed by atoms with van der Waals surface area (Å²) in [6, 6.07) is 10.7. The first-order chi connectivity index (χ1) is 9.63. The van der Waals surface area contributed by atoms with Crippen molar-refractivity contribution in [2.75, 3.05) is 5.73 Å². The van der Waals surface area contributed by atoms with Gasteiger partial charge in [0.25, 0.3) is 0 Å². The Morgan fingerprint density at radius 2 is 1.85 bits per heavy atom. The van der Waals surface area contributed by atoms with Gasteiger partial charge in [0, 0.05) is 10.3 Å². The molecular weight excluding hydrogens is 286 g/mol. The van der Waals surface area contributed by atoms with Crippen LogP contribution in [0.4, 0.5) is 5.95 Å². The van der Waals surface area contributed by atoms with Gasteiger partial charge in [-0.25, -0.2) is 9.97 Å². The van der Waals surface area contributed by atoms with Gasteiger partial charge in [-0.15, -0.1) is 11.3 Å². The number of hydrogen-bond donors (Lipinski definition) is 1. The van der Waals surface area contributed by atoms with Crippen molar-refractivity contribution < 1.29 is 0 Å². The molecule has 20 heavy (non-hydrogen) atoms. The van der Waals surface area contributed by atoms with Crippen molar-refractivity contribution in [1.29, 1.82) is 0 Å². The van der Waals surface area contributed by atoms with Crippen molar-refractivity contribution in [1.82, 2.24) is 9.97 Å². The molecule has 0 unspecified atom stereocenters. The third kappa shape index (κ3) is 2.64. The van der Waals surface area contributed by atoms with Crippen molar-refractivity contribution in [3.05, 3.63) is 41.3 Å². The van der Waals surface area contributed by atoms with E-state index in [9.17, 15) is 0 Å². The molecule has 0 aliphatic rings. The van der Waals surface area contributed by atoms with E-state index in [1.807, 2.05) is 11.4 Å². The smallest absolute Gasteiger partial charge is 0.222 e. The van der Waals surface area contributed by atoms with Crippen LogP contribution in [-0.4, -0.2) is 9.97 Å². The van der Waals surface area contributed by atoms with Crippen molar-refractivity contribution in [3.8, 4) is 0 Å². The number of aromatic nitrogens is 2. The summed E-state index contributed by atoms with van der Waals surface area (Å²) in [5.41, 5.74) is 7.12. The third-order valence-corrected chi connectivity index (χ3v) is 4.89. The Kier molecular flexibility index (Phi) is 3.63. The van der Waals surface area contributed by atoms with Crippen molar-refractivity contribution in [2.24, 2.45) is 0 Å². The zero-order chi connectivity index (χ0) is 14.1. The Morgan fingerprint density at radius 3 is 2.55 bits per heavy atom. The molecule has 0 bridgehead atoms. The van der Waals surface area contributed by atoms with Crippen LogP contribution in [0.1, 0.15) is 25.3 Å². The van der Waals surface area contributed by atoms with E-state index < -0.39 is 0 Å². The Balaban J connectivity index is 1.94. The molecule has 2 N–H and O–H groups in total. The summed E-state index contributed by atoms with van der Waals surface area (Å²) < 4.78 is 0. The zero-order valence-electron chi connectivity index (χ0n) is 11.3. The van der Waals surface area contributed by atoms with Gasteiger partial charge in [-0.1, -0.05) is 37.7 Å². The summed E-state index contributed by atoms with van der Waals surface area (Å²) in [4.78, 5) is 10.7. The molecular formula is C15H15N3S2. The normalized spacial score (nSPS) is 11.3. The Hall–Kier alpha value is -1.59. The number of benzene rings is 1. The van der Waals surface area contributed by atoms with E-state index in [0.29, 0.717) is 11.9 Å². The van der Waals surface area contributed by atoms with E-state index in [1.54, 1.807) is 23.1 Å². The molecule has 1 aromatic carbocycles. The molecule has 0 atom stereocenters. The SMILES string of the molecule is CC(C)c1ccc(Sc2nc(N)nc3sccc23)cc1. The van der Waals surface area contributed by atoms with Crippen LogP contribution in [0.25, 0.3) is 10.2 Å². The maximum atomic E-state index is 5.77. The first-order valence-electron chi connectivity index (χ1n) is 6.42. The number of anilines is 1. The maximum absolute atomic E-state index is 5.77. The highest BCUT2D eigenvalue weighted by Crippen LogP contribution is 2.34. The molecule has 0 saturated carbocycles. The monoisotopic (exact) mass is 301 g/mol. The summed E-state index contributed by atoms with van der Waals surface area (Å²) in [6.45, 7) is 4.39. The van der Waals surface area contributed by atoms with E-state index >= 15 is 0 Å². The molecule has 3 aromatic rings. The minimum Gasteiger partial charge on any atom is -0.368 e. The lowest BCUT2D eigenvalue weighted by molar-refractivity contribution is 0.865. The second-order valence-electron chi connectivity index (χ2n) is 4.85. The number of rotatable bonds is 3. The lowest BCUT2D eigenvalue weighted by Crippen LogP contribution is -1.95. The fourth-order valence-corrected chi connectivity index (χ4v) is 3.70. The van der Waals surface area contributed by atoms with Gasteiger partial charge in [0.2, 0.25) is 5.95 Å². The minimum atomic E-state index is 0.334. The summed E-state index contributed by atoms with van der Waals surface area (Å²) >= 11 is 3.22. The Bertz CT molecular complexity index is 732. The number of fused-ring (bicyclic) bond motifs is 1. The van der Waals surface area contributed by atoms with Crippen molar-refractivity contribution in [2.45, 2.75) is 29.7 Å². The molecule has 3 nitrogen and oxygen atoms in total. The van der Waals surface area contributed by atoms with Crippen molar-refractivity contribution >= 4 is 39.3 Å². The molecule has 5 heteroatoms. The fraction of sp³-hybridized carbons (Fsp3) is 0.200. The van der Waals surface area contributed by atoms with Crippen LogP contribution in [0.3, 0.4) is 0 Å². The summed E-state index contributed by atoms with van der Waals surface area (Å²) in [7, 11) is 0. The average Bonchev–Trinajstić information content (AvgIpc) is 2.87. The lowest BCUT2D eigenvalue weighted by atomic mass is 10.0. The van der Waals surface area contributed by atoms with Crippen LogP contribution >= 0.6 is 23.1 Å². The van der Waals surface area contributed by atoms with Gasteiger partial charge >= 0.3 is 0 Å². The van der Waals surface area contributed by atoms with Crippen LogP contribution in [0.2, 0.25) is 0 Å². The molecule has 0 saturated heterocycles. The average molecular weight is 301 g/mol. The van der Waals surface area contributed by atoms with Gasteiger partial charge in [-0.3, -0.25) is 0 Å². The fourth-order valence-electron chi connectivity index (χ4n) is 1.95. The number of nitrogens with zero attached hydrogens (tertiary/aromatic N) is 2. The summed E-state index contributed by atoms with van der Waals surface area (Å²) in [6.07, 6.45) is 0. The van der Waals surface area contributed by atoms with Crippen molar-refractivity contribution in [3.63, 3.8) is 0 Å². The number of hydrogen-bond acceptors (Lipinski definition) is 5. The predicted molar refractivity (Wildman–Crippen MR) is 86.5 cm³/mol. The highest BCUT2D eigenvalue weighted by atomic mass is 32.2. The summed E-state index contributed by atoms with van der Waals surface area (Å²) in [5, 5.41) is 4.01.